The lowest BCUT2D eigenvalue weighted by Gasteiger charge is -2.16. The molecule has 0 bridgehead atoms. The molecule has 1 unspecified atom stereocenters. The van der Waals surface area contributed by atoms with Gasteiger partial charge in [-0.1, -0.05) is 41.4 Å². The number of nitrogens with one attached hydrogen (secondary N) is 1. The molecule has 0 aliphatic carbocycles. The summed E-state index contributed by atoms with van der Waals surface area (Å²) in [5.41, 5.74) is 1.16. The van der Waals surface area contributed by atoms with Gasteiger partial charge in [0.1, 0.15) is 5.75 Å². The number of ketones is 1. The van der Waals surface area contributed by atoms with Gasteiger partial charge in [-0.15, -0.1) is 0 Å². The molecule has 2 aromatic rings. The molecule has 24 heavy (non-hydrogen) atoms. The van der Waals surface area contributed by atoms with Gasteiger partial charge in [0.25, 0.3) is 5.91 Å². The van der Waals surface area contributed by atoms with Crippen molar-refractivity contribution in [1.82, 2.24) is 5.32 Å². The number of hydrogen-bond acceptors (Lipinski definition) is 3. The molecule has 0 aliphatic heterocycles. The van der Waals surface area contributed by atoms with E-state index in [1.54, 1.807) is 18.2 Å². The summed E-state index contributed by atoms with van der Waals surface area (Å²) in [7, 11) is 0. The van der Waals surface area contributed by atoms with E-state index in [1.807, 2.05) is 25.1 Å². The Kier molecular flexibility index (Phi) is 6.23. The zero-order chi connectivity index (χ0) is 17.7. The second-order valence-electron chi connectivity index (χ2n) is 5.30. The fraction of sp³-hybridized carbons (Fsp3) is 0.222. The number of Topliss-reactive ketones (excluding diaryl/α,β-unsaturated/α-hetero) is 1. The summed E-state index contributed by atoms with van der Waals surface area (Å²) in [6.07, 6.45) is 0. The lowest BCUT2D eigenvalue weighted by molar-refractivity contribution is -0.123. The Balaban J connectivity index is 1.99. The molecule has 0 aromatic heterocycles. The van der Waals surface area contributed by atoms with E-state index in [1.165, 1.54) is 13.0 Å². The lowest BCUT2D eigenvalue weighted by Crippen LogP contribution is -2.31. The number of carbonyl (C=O) groups is 2. The highest BCUT2D eigenvalue weighted by Crippen LogP contribution is 2.24. The number of carbonyl (C=O) groups excluding carboxylic acids is 2. The number of hydrogen-bond donors (Lipinski definition) is 1. The quantitative estimate of drug-likeness (QED) is 0.769. The average molecular weight is 366 g/mol. The van der Waals surface area contributed by atoms with Gasteiger partial charge >= 0.3 is 0 Å². The summed E-state index contributed by atoms with van der Waals surface area (Å²) >= 11 is 12.0. The Hall–Kier alpha value is -2.04. The van der Waals surface area contributed by atoms with Crippen molar-refractivity contribution in [3.8, 4) is 5.75 Å². The summed E-state index contributed by atoms with van der Waals surface area (Å²) in [5, 5.41) is 3.83. The fourth-order valence-electron chi connectivity index (χ4n) is 2.23. The molecule has 4 nitrogen and oxygen atoms in total. The molecule has 2 aromatic carbocycles. The highest BCUT2D eigenvalue weighted by Gasteiger charge is 2.14. The van der Waals surface area contributed by atoms with E-state index in [9.17, 15) is 9.59 Å². The van der Waals surface area contributed by atoms with Crippen LogP contribution in [0, 0.1) is 0 Å². The van der Waals surface area contributed by atoms with Crippen LogP contribution in [0.15, 0.2) is 42.5 Å². The van der Waals surface area contributed by atoms with Crippen LogP contribution in [0.3, 0.4) is 0 Å². The molecule has 1 amide bonds. The van der Waals surface area contributed by atoms with Crippen molar-refractivity contribution < 1.29 is 14.3 Å². The van der Waals surface area contributed by atoms with Gasteiger partial charge in [-0.05, 0) is 43.7 Å². The molecule has 0 radical (unpaired) electrons. The van der Waals surface area contributed by atoms with Gasteiger partial charge in [-0.3, -0.25) is 9.59 Å². The first kappa shape index (κ1) is 18.3. The average Bonchev–Trinajstić information content (AvgIpc) is 2.53. The molecule has 2 rings (SSSR count). The van der Waals surface area contributed by atoms with Gasteiger partial charge in [0.05, 0.1) is 11.6 Å². The molecule has 126 valence electrons. The maximum absolute atomic E-state index is 12.1. The third-order valence-electron chi connectivity index (χ3n) is 3.43. The van der Waals surface area contributed by atoms with E-state index >= 15 is 0 Å². The van der Waals surface area contributed by atoms with Gasteiger partial charge in [0.2, 0.25) is 0 Å². The second-order valence-corrected chi connectivity index (χ2v) is 6.14. The minimum Gasteiger partial charge on any atom is -0.483 e. The van der Waals surface area contributed by atoms with Gasteiger partial charge < -0.3 is 10.1 Å². The zero-order valence-corrected chi connectivity index (χ0v) is 14.8. The minimum absolute atomic E-state index is 0.183. The molecule has 1 atom stereocenters. The maximum atomic E-state index is 12.1. The van der Waals surface area contributed by atoms with E-state index in [4.69, 9.17) is 27.9 Å². The first-order valence-electron chi connectivity index (χ1n) is 7.35. The van der Waals surface area contributed by atoms with E-state index in [0.29, 0.717) is 21.4 Å². The van der Waals surface area contributed by atoms with E-state index < -0.39 is 0 Å². The van der Waals surface area contributed by atoms with Gasteiger partial charge in [-0.2, -0.15) is 0 Å². The lowest BCUT2D eigenvalue weighted by atomic mass is 10.1. The Morgan fingerprint density at radius 2 is 1.88 bits per heavy atom. The Labute approximate surface area is 150 Å². The topological polar surface area (TPSA) is 55.4 Å². The van der Waals surface area contributed by atoms with Crippen molar-refractivity contribution in [1.29, 1.82) is 0 Å². The Morgan fingerprint density at radius 1 is 1.17 bits per heavy atom. The Morgan fingerprint density at radius 3 is 2.54 bits per heavy atom. The number of halogens is 2. The predicted molar refractivity (Wildman–Crippen MR) is 95.0 cm³/mol. The van der Waals surface area contributed by atoms with E-state index in [2.05, 4.69) is 5.32 Å². The molecule has 0 saturated carbocycles. The third kappa shape index (κ3) is 4.73. The van der Waals surface area contributed by atoms with Crippen LogP contribution in [-0.4, -0.2) is 18.3 Å². The largest absolute Gasteiger partial charge is 0.483 e. The molecule has 0 spiro atoms. The third-order valence-corrected chi connectivity index (χ3v) is 4.01. The normalized spacial score (nSPS) is 11.7. The van der Waals surface area contributed by atoms with Gasteiger partial charge in [0, 0.05) is 10.0 Å². The molecular weight excluding hydrogens is 349 g/mol. The number of amides is 1. The molecule has 0 heterocycles. The molecule has 0 saturated heterocycles. The van der Waals surface area contributed by atoms with E-state index in [-0.39, 0.29) is 24.3 Å². The van der Waals surface area contributed by atoms with Crippen LogP contribution in [0.4, 0.5) is 0 Å². The van der Waals surface area contributed by atoms with Crippen molar-refractivity contribution >= 4 is 34.9 Å². The molecule has 1 N–H and O–H groups in total. The summed E-state index contributed by atoms with van der Waals surface area (Å²) in [6, 6.07) is 11.7. The Bertz CT molecular complexity index is 762. The van der Waals surface area contributed by atoms with Crippen LogP contribution in [0.1, 0.15) is 35.8 Å². The monoisotopic (exact) mass is 365 g/mol. The van der Waals surface area contributed by atoms with Crippen LogP contribution >= 0.6 is 23.2 Å². The van der Waals surface area contributed by atoms with E-state index in [0.717, 1.165) is 5.56 Å². The standard InChI is InChI=1S/C18H17Cl2NO3/c1-11(14-5-3-4-6-16(14)20)21-18(23)10-24-17-8-7-13(19)9-15(17)12(2)22/h3-9,11H,10H2,1-2H3,(H,21,23). The molecule has 0 fully saturated rings. The van der Waals surface area contributed by atoms with Crippen molar-refractivity contribution in [2.24, 2.45) is 0 Å². The van der Waals surface area contributed by atoms with Crippen LogP contribution < -0.4 is 10.1 Å². The minimum atomic E-state index is -0.313. The van der Waals surface area contributed by atoms with Crippen molar-refractivity contribution in [3.63, 3.8) is 0 Å². The first-order valence-corrected chi connectivity index (χ1v) is 8.11. The molecular formula is C18H17Cl2NO3. The van der Waals surface area contributed by atoms with Crippen LogP contribution in [0.25, 0.3) is 0 Å². The van der Waals surface area contributed by atoms with Crippen LogP contribution in [0.5, 0.6) is 5.75 Å². The SMILES string of the molecule is CC(=O)c1cc(Cl)ccc1OCC(=O)NC(C)c1ccccc1Cl. The van der Waals surface area contributed by atoms with Crippen molar-refractivity contribution in [3.05, 3.63) is 63.6 Å². The fourth-order valence-corrected chi connectivity index (χ4v) is 2.71. The second kappa shape index (κ2) is 8.18. The number of rotatable bonds is 6. The summed E-state index contributed by atoms with van der Waals surface area (Å²) in [6.45, 7) is 3.04. The first-order chi connectivity index (χ1) is 11.4. The van der Waals surface area contributed by atoms with Gasteiger partial charge in [-0.25, -0.2) is 0 Å². The maximum Gasteiger partial charge on any atom is 0.258 e. The smallest absolute Gasteiger partial charge is 0.258 e. The number of ether oxygens (including phenoxy) is 1. The predicted octanol–water partition coefficient (Wildman–Crippen LogP) is 4.45. The van der Waals surface area contributed by atoms with Crippen LogP contribution in [-0.2, 0) is 4.79 Å². The molecule has 6 heteroatoms. The summed E-state index contributed by atoms with van der Waals surface area (Å²) in [5.74, 6) is -0.170. The highest BCUT2D eigenvalue weighted by atomic mass is 35.5. The molecule has 0 aliphatic rings. The van der Waals surface area contributed by atoms with Crippen molar-refractivity contribution in [2.45, 2.75) is 19.9 Å². The van der Waals surface area contributed by atoms with Gasteiger partial charge in [0.15, 0.2) is 12.4 Å². The zero-order valence-electron chi connectivity index (χ0n) is 13.3. The highest BCUT2D eigenvalue weighted by molar-refractivity contribution is 6.31. The number of benzene rings is 2. The van der Waals surface area contributed by atoms with Crippen molar-refractivity contribution in [2.75, 3.05) is 6.61 Å². The van der Waals surface area contributed by atoms with Crippen LogP contribution in [0.2, 0.25) is 10.0 Å². The summed E-state index contributed by atoms with van der Waals surface area (Å²) < 4.78 is 5.46. The summed E-state index contributed by atoms with van der Waals surface area (Å²) in [4.78, 5) is 23.7.